The van der Waals surface area contributed by atoms with Crippen molar-refractivity contribution in [3.63, 3.8) is 0 Å². The Bertz CT molecular complexity index is 769. The molecule has 0 bridgehead atoms. The predicted octanol–water partition coefficient (Wildman–Crippen LogP) is 4.40. The smallest absolute Gasteiger partial charge is 0.251 e. The average molecular weight is 477 g/mol. The van der Waals surface area contributed by atoms with Crippen molar-refractivity contribution < 1.29 is 9.59 Å². The molecule has 3 rings (SSSR count). The van der Waals surface area contributed by atoms with Crippen LogP contribution in [0.15, 0.2) is 48.5 Å². The Labute approximate surface area is 173 Å². The van der Waals surface area contributed by atoms with E-state index in [1.54, 1.807) is 12.1 Å². The Balaban J connectivity index is 1.46. The molecule has 0 unspecified atom stereocenters. The number of rotatable bonds is 6. The summed E-state index contributed by atoms with van der Waals surface area (Å²) in [5.41, 5.74) is 2.23. The lowest BCUT2D eigenvalue weighted by molar-refractivity contribution is -0.114. The molecule has 1 fully saturated rings. The molecular formula is C21H24IN3O2. The fourth-order valence-electron chi connectivity index (χ4n) is 3.18. The maximum absolute atomic E-state index is 12.3. The van der Waals surface area contributed by atoms with Crippen LogP contribution in [0.1, 0.15) is 42.5 Å². The molecule has 0 heterocycles. The van der Waals surface area contributed by atoms with Crippen molar-refractivity contribution in [2.24, 2.45) is 0 Å². The summed E-state index contributed by atoms with van der Waals surface area (Å²) in [4.78, 5) is 24.3. The third-order valence-corrected chi connectivity index (χ3v) is 5.39. The predicted molar refractivity (Wildman–Crippen MR) is 117 cm³/mol. The minimum atomic E-state index is -0.115. The molecule has 2 amide bonds. The second-order valence-corrected chi connectivity index (χ2v) is 8.04. The topological polar surface area (TPSA) is 70.2 Å². The normalized spacial score (nSPS) is 14.4. The van der Waals surface area contributed by atoms with E-state index in [4.69, 9.17) is 0 Å². The number of amides is 2. The number of halogens is 1. The molecule has 1 aliphatic carbocycles. The van der Waals surface area contributed by atoms with Crippen LogP contribution in [0, 0.1) is 3.57 Å². The van der Waals surface area contributed by atoms with Crippen LogP contribution in [0.4, 0.5) is 11.4 Å². The van der Waals surface area contributed by atoms with Gasteiger partial charge in [0.15, 0.2) is 0 Å². The van der Waals surface area contributed by atoms with E-state index in [9.17, 15) is 9.59 Å². The average Bonchev–Trinajstić information content (AvgIpc) is 2.69. The molecule has 6 heteroatoms. The van der Waals surface area contributed by atoms with E-state index in [-0.39, 0.29) is 18.4 Å². The van der Waals surface area contributed by atoms with E-state index >= 15 is 0 Å². The number of hydrogen-bond donors (Lipinski definition) is 3. The van der Waals surface area contributed by atoms with Crippen LogP contribution in [0.2, 0.25) is 0 Å². The molecule has 0 aliphatic heterocycles. The third kappa shape index (κ3) is 6.23. The van der Waals surface area contributed by atoms with Gasteiger partial charge in [0, 0.05) is 26.6 Å². The molecule has 0 saturated heterocycles. The first-order valence-corrected chi connectivity index (χ1v) is 10.4. The SMILES string of the molecule is O=C(CNc1ccc(C(=O)NC2CCCCC2)cc1)Nc1ccc(I)cc1. The molecule has 1 saturated carbocycles. The van der Waals surface area contributed by atoms with Crippen LogP contribution in [0.25, 0.3) is 0 Å². The minimum absolute atomic E-state index is 0.0232. The zero-order valence-electron chi connectivity index (χ0n) is 15.1. The molecule has 0 radical (unpaired) electrons. The summed E-state index contributed by atoms with van der Waals surface area (Å²) in [6.45, 7) is 0.166. The van der Waals surface area contributed by atoms with Crippen molar-refractivity contribution in [2.45, 2.75) is 38.1 Å². The van der Waals surface area contributed by atoms with Gasteiger partial charge in [0.05, 0.1) is 6.54 Å². The first kappa shape index (κ1) is 19.7. The molecule has 2 aromatic carbocycles. The maximum Gasteiger partial charge on any atom is 0.251 e. The standard InChI is InChI=1S/C21H24IN3O2/c22-16-8-12-19(13-9-16)24-20(26)14-23-17-10-6-15(7-11-17)21(27)25-18-4-2-1-3-5-18/h6-13,18,23H,1-5,14H2,(H,24,26)(H,25,27). The molecule has 142 valence electrons. The quantitative estimate of drug-likeness (QED) is 0.541. The van der Waals surface area contributed by atoms with E-state index in [1.165, 1.54) is 19.3 Å². The number of anilines is 2. The zero-order chi connectivity index (χ0) is 19.1. The van der Waals surface area contributed by atoms with Gasteiger partial charge in [0.2, 0.25) is 5.91 Å². The van der Waals surface area contributed by atoms with Gasteiger partial charge in [-0.1, -0.05) is 19.3 Å². The van der Waals surface area contributed by atoms with Gasteiger partial charge >= 0.3 is 0 Å². The summed E-state index contributed by atoms with van der Waals surface area (Å²) in [7, 11) is 0. The fourth-order valence-corrected chi connectivity index (χ4v) is 3.54. The lowest BCUT2D eigenvalue weighted by Crippen LogP contribution is -2.36. The largest absolute Gasteiger partial charge is 0.376 e. The monoisotopic (exact) mass is 477 g/mol. The Hall–Kier alpha value is -2.09. The molecular weight excluding hydrogens is 453 g/mol. The molecule has 27 heavy (non-hydrogen) atoms. The summed E-state index contributed by atoms with van der Waals surface area (Å²) in [5, 5.41) is 9.04. The van der Waals surface area contributed by atoms with E-state index in [2.05, 4.69) is 38.5 Å². The van der Waals surface area contributed by atoms with Crippen LogP contribution in [0.5, 0.6) is 0 Å². The second kappa shape index (κ2) is 9.73. The van der Waals surface area contributed by atoms with E-state index in [1.807, 2.05) is 36.4 Å². The van der Waals surface area contributed by atoms with Crippen LogP contribution >= 0.6 is 22.6 Å². The Morgan fingerprint density at radius 1 is 0.889 bits per heavy atom. The summed E-state index contributed by atoms with van der Waals surface area (Å²) in [5.74, 6) is -0.139. The van der Waals surface area contributed by atoms with Gasteiger partial charge in [0.1, 0.15) is 0 Å². The Morgan fingerprint density at radius 3 is 2.19 bits per heavy atom. The van der Waals surface area contributed by atoms with Crippen LogP contribution in [-0.2, 0) is 4.79 Å². The summed E-state index contributed by atoms with van der Waals surface area (Å²) in [6.07, 6.45) is 5.79. The van der Waals surface area contributed by atoms with Gasteiger partial charge in [-0.2, -0.15) is 0 Å². The fraction of sp³-hybridized carbons (Fsp3) is 0.333. The molecule has 0 aromatic heterocycles. The number of carbonyl (C=O) groups is 2. The zero-order valence-corrected chi connectivity index (χ0v) is 17.3. The van der Waals surface area contributed by atoms with Crippen molar-refractivity contribution in [3.05, 3.63) is 57.7 Å². The first-order valence-electron chi connectivity index (χ1n) is 9.30. The number of carbonyl (C=O) groups excluding carboxylic acids is 2. The molecule has 5 nitrogen and oxygen atoms in total. The molecule has 1 aliphatic rings. The van der Waals surface area contributed by atoms with Gasteiger partial charge in [-0.05, 0) is 84.0 Å². The number of benzene rings is 2. The lowest BCUT2D eigenvalue weighted by atomic mass is 9.95. The number of nitrogens with one attached hydrogen (secondary N) is 3. The molecule has 2 aromatic rings. The Kier molecular flexibility index (Phi) is 7.09. The van der Waals surface area contributed by atoms with Gasteiger partial charge in [-0.25, -0.2) is 0 Å². The van der Waals surface area contributed by atoms with Gasteiger partial charge in [0.25, 0.3) is 5.91 Å². The van der Waals surface area contributed by atoms with Crippen LogP contribution in [0.3, 0.4) is 0 Å². The second-order valence-electron chi connectivity index (χ2n) is 6.79. The van der Waals surface area contributed by atoms with Crippen molar-refractivity contribution >= 4 is 45.8 Å². The minimum Gasteiger partial charge on any atom is -0.376 e. The van der Waals surface area contributed by atoms with E-state index in [0.29, 0.717) is 11.6 Å². The molecule has 0 atom stereocenters. The van der Waals surface area contributed by atoms with Gasteiger partial charge in [-0.3, -0.25) is 9.59 Å². The highest BCUT2D eigenvalue weighted by molar-refractivity contribution is 14.1. The van der Waals surface area contributed by atoms with Crippen molar-refractivity contribution in [3.8, 4) is 0 Å². The third-order valence-electron chi connectivity index (χ3n) is 4.67. The lowest BCUT2D eigenvalue weighted by Gasteiger charge is -2.22. The van der Waals surface area contributed by atoms with E-state index in [0.717, 1.165) is 27.8 Å². The highest BCUT2D eigenvalue weighted by Crippen LogP contribution is 2.18. The molecule has 0 spiro atoms. The van der Waals surface area contributed by atoms with Crippen molar-refractivity contribution in [1.29, 1.82) is 0 Å². The van der Waals surface area contributed by atoms with Crippen molar-refractivity contribution in [1.82, 2.24) is 5.32 Å². The maximum atomic E-state index is 12.3. The summed E-state index contributed by atoms with van der Waals surface area (Å²) >= 11 is 2.22. The van der Waals surface area contributed by atoms with Crippen LogP contribution < -0.4 is 16.0 Å². The van der Waals surface area contributed by atoms with Gasteiger partial charge < -0.3 is 16.0 Å². The van der Waals surface area contributed by atoms with Gasteiger partial charge in [-0.15, -0.1) is 0 Å². The summed E-state index contributed by atoms with van der Waals surface area (Å²) < 4.78 is 1.12. The highest BCUT2D eigenvalue weighted by atomic mass is 127. The molecule has 3 N–H and O–H groups in total. The van der Waals surface area contributed by atoms with Crippen LogP contribution in [-0.4, -0.2) is 24.4 Å². The van der Waals surface area contributed by atoms with E-state index < -0.39 is 0 Å². The first-order chi connectivity index (χ1) is 13.1. The highest BCUT2D eigenvalue weighted by Gasteiger charge is 2.16. The Morgan fingerprint density at radius 2 is 1.52 bits per heavy atom. The number of hydrogen-bond acceptors (Lipinski definition) is 3. The van der Waals surface area contributed by atoms with Crippen molar-refractivity contribution in [2.75, 3.05) is 17.2 Å². The summed E-state index contributed by atoms with van der Waals surface area (Å²) in [6, 6.07) is 15.2.